The molecule has 0 radical (unpaired) electrons. The number of aromatic nitrogens is 3. The molecule has 2 aromatic heterocycles. The van der Waals surface area contributed by atoms with Gasteiger partial charge in [-0.2, -0.15) is 0 Å². The summed E-state index contributed by atoms with van der Waals surface area (Å²) in [6.45, 7) is 4.81. The Labute approximate surface area is 128 Å². The van der Waals surface area contributed by atoms with E-state index in [0.717, 1.165) is 5.69 Å². The summed E-state index contributed by atoms with van der Waals surface area (Å²) in [4.78, 5) is 24.5. The number of hydrogen-bond donors (Lipinski definition) is 2. The molecule has 0 fully saturated rings. The molecule has 0 aliphatic rings. The van der Waals surface area contributed by atoms with Crippen molar-refractivity contribution in [3.63, 3.8) is 0 Å². The molecule has 2 rings (SSSR count). The summed E-state index contributed by atoms with van der Waals surface area (Å²) in [5.74, 6) is 0.339. The van der Waals surface area contributed by atoms with Crippen molar-refractivity contribution < 1.29 is 4.79 Å². The van der Waals surface area contributed by atoms with Crippen LogP contribution in [-0.2, 0) is 6.54 Å². The summed E-state index contributed by atoms with van der Waals surface area (Å²) in [6, 6.07) is 3.18. The Balaban J connectivity index is 2.04. The van der Waals surface area contributed by atoms with Gasteiger partial charge in [0, 0.05) is 18.3 Å². The van der Waals surface area contributed by atoms with Crippen LogP contribution in [0.1, 0.15) is 28.7 Å². The van der Waals surface area contributed by atoms with Crippen LogP contribution in [-0.4, -0.2) is 27.4 Å². The zero-order chi connectivity index (χ0) is 15.2. The van der Waals surface area contributed by atoms with Crippen LogP contribution in [0.4, 0.5) is 5.82 Å². The number of anilines is 1. The zero-order valence-corrected chi connectivity index (χ0v) is 12.6. The number of nitrogens with zero attached hydrogens (tertiary/aromatic N) is 3. The lowest BCUT2D eigenvalue weighted by molar-refractivity contribution is 0.0950. The summed E-state index contributed by atoms with van der Waals surface area (Å²) in [5, 5.41) is 6.07. The minimum absolute atomic E-state index is 0.235. The van der Waals surface area contributed by atoms with E-state index in [1.54, 1.807) is 18.5 Å². The third kappa shape index (κ3) is 4.39. The van der Waals surface area contributed by atoms with E-state index in [-0.39, 0.29) is 11.1 Å². The van der Waals surface area contributed by atoms with E-state index in [9.17, 15) is 4.79 Å². The Morgan fingerprint density at radius 2 is 2.10 bits per heavy atom. The fourth-order valence-electron chi connectivity index (χ4n) is 1.68. The summed E-state index contributed by atoms with van der Waals surface area (Å²) in [5.41, 5.74) is 1.98. The number of rotatable bonds is 5. The molecule has 0 spiro atoms. The summed E-state index contributed by atoms with van der Waals surface area (Å²) >= 11 is 5.91. The molecule has 2 heterocycles. The van der Waals surface area contributed by atoms with Crippen molar-refractivity contribution >= 4 is 23.3 Å². The maximum atomic E-state index is 12.1. The lowest BCUT2D eigenvalue weighted by atomic mass is 10.2. The first-order chi connectivity index (χ1) is 10.1. The van der Waals surface area contributed by atoms with Crippen molar-refractivity contribution in [2.75, 3.05) is 11.9 Å². The lowest BCUT2D eigenvalue weighted by Gasteiger charge is -2.08. The third-order valence-electron chi connectivity index (χ3n) is 2.68. The van der Waals surface area contributed by atoms with Crippen LogP contribution < -0.4 is 10.6 Å². The Kier molecular flexibility index (Phi) is 5.05. The van der Waals surface area contributed by atoms with Gasteiger partial charge >= 0.3 is 0 Å². The fourth-order valence-corrected chi connectivity index (χ4v) is 1.89. The molecule has 21 heavy (non-hydrogen) atoms. The molecular weight excluding hydrogens is 290 g/mol. The van der Waals surface area contributed by atoms with Crippen molar-refractivity contribution in [3.05, 3.63) is 46.6 Å². The maximum Gasteiger partial charge on any atom is 0.251 e. The fraction of sp³-hybridized carbons (Fsp3) is 0.286. The number of nitrogens with one attached hydrogen (secondary N) is 2. The lowest BCUT2D eigenvalue weighted by Crippen LogP contribution is -2.23. The Bertz CT molecular complexity index is 630. The Hall–Kier alpha value is -2.21. The van der Waals surface area contributed by atoms with E-state index < -0.39 is 0 Å². The number of carbonyl (C=O) groups excluding carboxylic acids is 1. The molecule has 2 N–H and O–H groups in total. The number of halogens is 1. The topological polar surface area (TPSA) is 79.8 Å². The van der Waals surface area contributed by atoms with Crippen LogP contribution in [0.5, 0.6) is 0 Å². The molecule has 7 heteroatoms. The first kappa shape index (κ1) is 15.2. The van der Waals surface area contributed by atoms with Gasteiger partial charge in [-0.3, -0.25) is 14.8 Å². The molecule has 0 unspecified atom stereocenters. The van der Waals surface area contributed by atoms with E-state index in [4.69, 9.17) is 11.6 Å². The second kappa shape index (κ2) is 6.99. The highest BCUT2D eigenvalue weighted by Gasteiger charge is 2.09. The van der Waals surface area contributed by atoms with Crippen LogP contribution in [0.3, 0.4) is 0 Å². The highest BCUT2D eigenvalue weighted by atomic mass is 35.5. The van der Waals surface area contributed by atoms with Crippen LogP contribution in [0, 0.1) is 6.92 Å². The highest BCUT2D eigenvalue weighted by molar-refractivity contribution is 6.29. The quantitative estimate of drug-likeness (QED) is 0.828. The molecule has 0 bridgehead atoms. The van der Waals surface area contributed by atoms with Crippen LogP contribution in [0.25, 0.3) is 0 Å². The molecule has 110 valence electrons. The average Bonchev–Trinajstić information content (AvgIpc) is 2.46. The Morgan fingerprint density at radius 1 is 1.29 bits per heavy atom. The zero-order valence-electron chi connectivity index (χ0n) is 11.9. The van der Waals surface area contributed by atoms with Gasteiger partial charge in [-0.1, -0.05) is 11.6 Å². The normalized spacial score (nSPS) is 10.2. The standard InChI is InChI=1S/C14H16ClN5O/c1-3-16-13-5-10(4-12(15)20-13)14(21)19-8-11-7-17-9(2)6-18-11/h4-7H,3,8H2,1-2H3,(H,16,20)(H,19,21). The van der Waals surface area contributed by atoms with Crippen LogP contribution in [0.2, 0.25) is 5.15 Å². The monoisotopic (exact) mass is 305 g/mol. The minimum atomic E-state index is -0.235. The molecular formula is C14H16ClN5O. The number of amides is 1. The molecule has 0 saturated carbocycles. The van der Waals surface area contributed by atoms with E-state index in [2.05, 4.69) is 25.6 Å². The van der Waals surface area contributed by atoms with Gasteiger partial charge in [-0.25, -0.2) is 4.98 Å². The SMILES string of the molecule is CCNc1cc(C(=O)NCc2cnc(C)cn2)cc(Cl)n1. The van der Waals surface area contributed by atoms with Gasteiger partial charge in [0.05, 0.1) is 24.1 Å². The largest absolute Gasteiger partial charge is 0.370 e. The van der Waals surface area contributed by atoms with Crippen LogP contribution >= 0.6 is 11.6 Å². The number of aryl methyl sites for hydroxylation is 1. The van der Waals surface area contributed by atoms with Gasteiger partial charge in [-0.05, 0) is 26.0 Å². The molecule has 6 nitrogen and oxygen atoms in total. The van der Waals surface area contributed by atoms with E-state index in [0.29, 0.717) is 30.2 Å². The first-order valence-electron chi connectivity index (χ1n) is 6.55. The van der Waals surface area contributed by atoms with Gasteiger partial charge in [-0.15, -0.1) is 0 Å². The van der Waals surface area contributed by atoms with Crippen molar-refractivity contribution in [3.8, 4) is 0 Å². The van der Waals surface area contributed by atoms with E-state index in [1.165, 1.54) is 6.07 Å². The Morgan fingerprint density at radius 3 is 2.76 bits per heavy atom. The second-order valence-electron chi connectivity index (χ2n) is 4.43. The molecule has 0 aliphatic heterocycles. The van der Waals surface area contributed by atoms with Gasteiger partial charge in [0.2, 0.25) is 0 Å². The number of carbonyl (C=O) groups is 1. The molecule has 2 aromatic rings. The molecule has 0 atom stereocenters. The molecule has 1 amide bonds. The molecule has 0 saturated heterocycles. The maximum absolute atomic E-state index is 12.1. The van der Waals surface area contributed by atoms with Gasteiger partial charge in [0.1, 0.15) is 11.0 Å². The summed E-state index contributed by atoms with van der Waals surface area (Å²) in [7, 11) is 0. The second-order valence-corrected chi connectivity index (χ2v) is 4.81. The number of hydrogen-bond acceptors (Lipinski definition) is 5. The van der Waals surface area contributed by atoms with Crippen molar-refractivity contribution in [2.24, 2.45) is 0 Å². The smallest absolute Gasteiger partial charge is 0.251 e. The summed E-state index contributed by atoms with van der Waals surface area (Å²) in [6.07, 6.45) is 3.30. The third-order valence-corrected chi connectivity index (χ3v) is 2.87. The molecule has 0 aromatic carbocycles. The van der Waals surface area contributed by atoms with Gasteiger partial charge < -0.3 is 10.6 Å². The van der Waals surface area contributed by atoms with Crippen molar-refractivity contribution in [1.82, 2.24) is 20.3 Å². The number of pyridine rings is 1. The molecule has 0 aliphatic carbocycles. The predicted molar refractivity (Wildman–Crippen MR) is 81.3 cm³/mol. The predicted octanol–water partition coefficient (Wildman–Crippen LogP) is 2.20. The minimum Gasteiger partial charge on any atom is -0.370 e. The summed E-state index contributed by atoms with van der Waals surface area (Å²) < 4.78 is 0. The average molecular weight is 306 g/mol. The van der Waals surface area contributed by atoms with Crippen molar-refractivity contribution in [2.45, 2.75) is 20.4 Å². The van der Waals surface area contributed by atoms with E-state index in [1.807, 2.05) is 13.8 Å². The van der Waals surface area contributed by atoms with E-state index >= 15 is 0 Å². The van der Waals surface area contributed by atoms with Crippen LogP contribution in [0.15, 0.2) is 24.5 Å². The first-order valence-corrected chi connectivity index (χ1v) is 6.93. The van der Waals surface area contributed by atoms with Crippen molar-refractivity contribution in [1.29, 1.82) is 0 Å². The van der Waals surface area contributed by atoms with Gasteiger partial charge in [0.15, 0.2) is 0 Å². The highest BCUT2D eigenvalue weighted by Crippen LogP contribution is 2.14. The van der Waals surface area contributed by atoms with Gasteiger partial charge in [0.25, 0.3) is 5.91 Å².